The summed E-state index contributed by atoms with van der Waals surface area (Å²) in [5.74, 6) is -2.96. The highest BCUT2D eigenvalue weighted by Crippen LogP contribution is 2.23. The first-order valence-corrected chi connectivity index (χ1v) is 6.03. The molecule has 1 aromatic rings. The molecule has 0 aliphatic carbocycles. The first kappa shape index (κ1) is 15.9. The molecule has 1 rings (SSSR count). The molecular weight excluding hydrogens is 268 g/mol. The minimum absolute atomic E-state index is 0.186. The zero-order valence-electron chi connectivity index (χ0n) is 11.0. The van der Waals surface area contributed by atoms with E-state index < -0.39 is 29.9 Å². The van der Waals surface area contributed by atoms with Gasteiger partial charge in [0.2, 0.25) is 0 Å². The van der Waals surface area contributed by atoms with Crippen LogP contribution in [0.1, 0.15) is 12.5 Å². The molecule has 0 unspecified atom stereocenters. The van der Waals surface area contributed by atoms with Crippen LogP contribution < -0.4 is 15.4 Å². The molecule has 0 aromatic heterocycles. The third kappa shape index (κ3) is 4.82. The fourth-order valence-corrected chi connectivity index (χ4v) is 1.45. The van der Waals surface area contributed by atoms with Gasteiger partial charge < -0.3 is 15.4 Å². The molecule has 1 amide bonds. The summed E-state index contributed by atoms with van der Waals surface area (Å²) in [4.78, 5) is 11.2. The Labute approximate surface area is 115 Å². The Morgan fingerprint density at radius 3 is 2.60 bits per heavy atom. The maximum Gasteiger partial charge on any atom is 0.258 e. The van der Waals surface area contributed by atoms with Crippen molar-refractivity contribution in [2.75, 3.05) is 19.7 Å². The molecule has 20 heavy (non-hydrogen) atoms. The summed E-state index contributed by atoms with van der Waals surface area (Å²) in [7, 11) is 0. The number of hydrogen-bond acceptors (Lipinski definition) is 4. The molecule has 0 fully saturated rings. The zero-order valence-corrected chi connectivity index (χ0v) is 11.0. The number of amides is 1. The predicted octanol–water partition coefficient (Wildman–Crippen LogP) is 1.09. The Kier molecular flexibility index (Phi) is 6.40. The van der Waals surface area contributed by atoms with Crippen LogP contribution in [0.3, 0.4) is 0 Å². The molecular formula is C13H15F2N3O2. The largest absolute Gasteiger partial charge is 0.478 e. The van der Waals surface area contributed by atoms with Crippen LogP contribution in [0.2, 0.25) is 0 Å². The molecule has 0 saturated heterocycles. The fraction of sp³-hybridized carbons (Fsp3) is 0.385. The minimum atomic E-state index is -0.869. The second-order valence-electron chi connectivity index (χ2n) is 3.89. The average molecular weight is 283 g/mol. The summed E-state index contributed by atoms with van der Waals surface area (Å²) < 4.78 is 32.1. The van der Waals surface area contributed by atoms with Crippen molar-refractivity contribution >= 4 is 5.91 Å². The Morgan fingerprint density at radius 2 is 2.05 bits per heavy atom. The molecule has 0 radical (unpaired) electrons. The van der Waals surface area contributed by atoms with Crippen LogP contribution in [0.25, 0.3) is 0 Å². The molecule has 0 bridgehead atoms. The number of halogens is 2. The van der Waals surface area contributed by atoms with Crippen LogP contribution in [-0.4, -0.2) is 25.6 Å². The molecule has 2 N–H and O–H groups in total. The quantitative estimate of drug-likeness (QED) is 0.735. The van der Waals surface area contributed by atoms with Gasteiger partial charge in [0.1, 0.15) is 6.54 Å². The van der Waals surface area contributed by atoms with E-state index in [-0.39, 0.29) is 6.54 Å². The number of rotatable bonds is 7. The van der Waals surface area contributed by atoms with Crippen LogP contribution in [0, 0.1) is 23.0 Å². The van der Waals surface area contributed by atoms with E-state index in [4.69, 9.17) is 10.00 Å². The summed E-state index contributed by atoms with van der Waals surface area (Å²) in [5, 5.41) is 13.4. The molecule has 0 aliphatic rings. The van der Waals surface area contributed by atoms with Crippen molar-refractivity contribution in [3.05, 3.63) is 29.3 Å². The summed E-state index contributed by atoms with van der Waals surface area (Å²) >= 11 is 0. The lowest BCUT2D eigenvalue weighted by molar-refractivity contribution is -0.122. The van der Waals surface area contributed by atoms with Crippen LogP contribution in [0.15, 0.2) is 12.1 Å². The van der Waals surface area contributed by atoms with E-state index in [1.165, 1.54) is 0 Å². The monoisotopic (exact) mass is 283 g/mol. The summed E-state index contributed by atoms with van der Waals surface area (Å²) in [6.45, 7) is 2.16. The van der Waals surface area contributed by atoms with E-state index in [2.05, 4.69) is 10.6 Å². The van der Waals surface area contributed by atoms with E-state index in [0.29, 0.717) is 18.7 Å². The zero-order chi connectivity index (χ0) is 15.0. The lowest BCUT2D eigenvalue weighted by atomic mass is 10.2. The maximum absolute atomic E-state index is 13.7. The normalized spacial score (nSPS) is 9.90. The van der Waals surface area contributed by atoms with Gasteiger partial charge in [0, 0.05) is 6.54 Å². The number of ether oxygens (including phenoxy) is 1. The molecule has 108 valence electrons. The number of benzene rings is 1. The first-order valence-electron chi connectivity index (χ1n) is 6.03. The highest BCUT2D eigenvalue weighted by atomic mass is 19.1. The average Bonchev–Trinajstić information content (AvgIpc) is 2.41. The Hall–Kier alpha value is -2.20. The van der Waals surface area contributed by atoms with Gasteiger partial charge in [0.25, 0.3) is 5.91 Å². The molecule has 0 atom stereocenters. The molecule has 1 aromatic carbocycles. The fourth-order valence-electron chi connectivity index (χ4n) is 1.45. The topological polar surface area (TPSA) is 74.2 Å². The van der Waals surface area contributed by atoms with Gasteiger partial charge in [-0.25, -0.2) is 8.78 Å². The molecule has 0 heterocycles. The summed E-state index contributed by atoms with van der Waals surface area (Å²) in [6.07, 6.45) is 0. The van der Waals surface area contributed by atoms with Crippen molar-refractivity contribution in [1.29, 1.82) is 5.26 Å². The summed E-state index contributed by atoms with van der Waals surface area (Å²) in [5.41, 5.74) is 0.447. The summed E-state index contributed by atoms with van der Waals surface area (Å²) in [6, 6.07) is 4.00. The first-order chi connectivity index (χ1) is 9.58. The number of carbonyl (C=O) groups excluding carboxylic acids is 1. The second-order valence-corrected chi connectivity index (χ2v) is 3.89. The van der Waals surface area contributed by atoms with Gasteiger partial charge in [-0.3, -0.25) is 4.79 Å². The van der Waals surface area contributed by atoms with Crippen LogP contribution in [0.4, 0.5) is 8.78 Å². The molecule has 0 aliphatic heterocycles. The van der Waals surface area contributed by atoms with Crippen LogP contribution in [0.5, 0.6) is 5.75 Å². The van der Waals surface area contributed by atoms with Gasteiger partial charge in [-0.2, -0.15) is 5.26 Å². The standard InChI is InChI=1S/C13H15F2N3O2/c1-2-17-7-9-5-10(14)13(11(15)6-9)20-8-12(19)18-4-3-16/h5-6,17H,2,4,7-8H2,1H3,(H,18,19). The maximum atomic E-state index is 13.7. The van der Waals surface area contributed by atoms with Crippen LogP contribution >= 0.6 is 0 Å². The Balaban J connectivity index is 2.67. The SMILES string of the molecule is CCNCc1cc(F)c(OCC(=O)NCC#N)c(F)c1. The van der Waals surface area contributed by atoms with Crippen molar-refractivity contribution in [3.8, 4) is 11.8 Å². The van der Waals surface area contributed by atoms with Crippen LogP contribution in [-0.2, 0) is 11.3 Å². The Bertz CT molecular complexity index is 492. The number of nitriles is 1. The van der Waals surface area contributed by atoms with Gasteiger partial charge in [0.15, 0.2) is 24.0 Å². The van der Waals surface area contributed by atoms with E-state index in [0.717, 1.165) is 12.1 Å². The smallest absolute Gasteiger partial charge is 0.258 e. The molecule has 5 nitrogen and oxygen atoms in total. The van der Waals surface area contributed by atoms with Gasteiger partial charge in [0.05, 0.1) is 6.07 Å². The lowest BCUT2D eigenvalue weighted by Gasteiger charge is -2.10. The van der Waals surface area contributed by atoms with Gasteiger partial charge in [-0.15, -0.1) is 0 Å². The molecule has 0 saturated carbocycles. The third-order valence-corrected chi connectivity index (χ3v) is 2.35. The van der Waals surface area contributed by atoms with Gasteiger partial charge >= 0.3 is 0 Å². The van der Waals surface area contributed by atoms with Crippen molar-refractivity contribution in [3.63, 3.8) is 0 Å². The third-order valence-electron chi connectivity index (χ3n) is 2.35. The van der Waals surface area contributed by atoms with Crippen molar-refractivity contribution in [2.24, 2.45) is 0 Å². The molecule has 0 spiro atoms. The van der Waals surface area contributed by atoms with E-state index in [1.807, 2.05) is 6.92 Å². The second kappa shape index (κ2) is 8.07. The van der Waals surface area contributed by atoms with Crippen molar-refractivity contribution in [2.45, 2.75) is 13.5 Å². The van der Waals surface area contributed by atoms with E-state index in [9.17, 15) is 13.6 Å². The number of nitrogens with one attached hydrogen (secondary N) is 2. The van der Waals surface area contributed by atoms with E-state index >= 15 is 0 Å². The minimum Gasteiger partial charge on any atom is -0.478 e. The lowest BCUT2D eigenvalue weighted by Crippen LogP contribution is -2.29. The number of nitrogens with zero attached hydrogens (tertiary/aromatic N) is 1. The highest BCUT2D eigenvalue weighted by Gasteiger charge is 2.14. The Morgan fingerprint density at radius 1 is 1.40 bits per heavy atom. The number of carbonyl (C=O) groups is 1. The number of hydrogen-bond donors (Lipinski definition) is 2. The predicted molar refractivity (Wildman–Crippen MR) is 67.9 cm³/mol. The van der Waals surface area contributed by atoms with Crippen molar-refractivity contribution < 1.29 is 18.3 Å². The highest BCUT2D eigenvalue weighted by molar-refractivity contribution is 5.77. The van der Waals surface area contributed by atoms with Gasteiger partial charge in [-0.05, 0) is 24.2 Å². The van der Waals surface area contributed by atoms with Gasteiger partial charge in [-0.1, -0.05) is 6.92 Å². The van der Waals surface area contributed by atoms with E-state index in [1.54, 1.807) is 6.07 Å². The van der Waals surface area contributed by atoms with Crippen molar-refractivity contribution in [1.82, 2.24) is 10.6 Å². The molecule has 7 heteroatoms.